The molecule has 10 heteroatoms. The molecule has 2 saturated heterocycles. The van der Waals surface area contributed by atoms with Crippen molar-refractivity contribution < 1.29 is 18.4 Å². The second kappa shape index (κ2) is 9.68. The van der Waals surface area contributed by atoms with E-state index in [-0.39, 0.29) is 42.3 Å². The van der Waals surface area contributed by atoms with Crippen LogP contribution in [0, 0.1) is 17.6 Å². The first kappa shape index (κ1) is 23.3. The van der Waals surface area contributed by atoms with Gasteiger partial charge in [0.1, 0.15) is 17.2 Å². The van der Waals surface area contributed by atoms with Crippen molar-refractivity contribution in [3.63, 3.8) is 0 Å². The van der Waals surface area contributed by atoms with Crippen LogP contribution < -0.4 is 16.0 Å². The maximum Gasteiger partial charge on any atom is 0.322 e. The summed E-state index contributed by atoms with van der Waals surface area (Å²) in [6.45, 7) is 5.76. The monoisotopic (exact) mass is 521 g/mol. The Balaban J connectivity index is 0.00000300. The average Bonchev–Trinajstić information content (AvgIpc) is 2.93. The minimum Gasteiger partial charge on any atom is -0.357 e. The van der Waals surface area contributed by atoms with Crippen molar-refractivity contribution in [2.75, 3.05) is 19.6 Å². The summed E-state index contributed by atoms with van der Waals surface area (Å²) in [5.74, 6) is -0.851. The van der Waals surface area contributed by atoms with Crippen LogP contribution in [0.3, 0.4) is 0 Å². The molecule has 2 heterocycles. The van der Waals surface area contributed by atoms with E-state index in [1.807, 2.05) is 6.92 Å². The fraction of sp³-hybridized carbons (Fsp3) is 0.526. The number of rotatable bonds is 4. The molecule has 0 saturated carbocycles. The SMILES string of the molecule is CCNC(=NCc1ccc(F)cc1F)N1CCC(C2(C)NC(=O)NC2=O)CC1.I. The molecular weight excluding hydrogens is 495 g/mol. The fourth-order valence-electron chi connectivity index (χ4n) is 3.75. The highest BCUT2D eigenvalue weighted by molar-refractivity contribution is 14.0. The number of nitrogens with zero attached hydrogens (tertiary/aromatic N) is 2. The van der Waals surface area contributed by atoms with Crippen LogP contribution in [0.4, 0.5) is 13.6 Å². The van der Waals surface area contributed by atoms with Gasteiger partial charge in [-0.1, -0.05) is 6.07 Å². The molecule has 1 unspecified atom stereocenters. The number of amides is 3. The van der Waals surface area contributed by atoms with Gasteiger partial charge in [0, 0.05) is 31.3 Å². The third-order valence-corrected chi connectivity index (χ3v) is 5.43. The molecule has 160 valence electrons. The van der Waals surface area contributed by atoms with Gasteiger partial charge in [-0.25, -0.2) is 18.6 Å². The molecule has 0 aromatic heterocycles. The largest absolute Gasteiger partial charge is 0.357 e. The zero-order valence-electron chi connectivity index (χ0n) is 16.4. The van der Waals surface area contributed by atoms with E-state index in [9.17, 15) is 18.4 Å². The number of benzene rings is 1. The molecule has 7 nitrogen and oxygen atoms in total. The third-order valence-electron chi connectivity index (χ3n) is 5.43. The van der Waals surface area contributed by atoms with E-state index in [2.05, 4.69) is 25.8 Å². The number of likely N-dealkylation sites (tertiary alicyclic amines) is 1. The number of guanidine groups is 1. The summed E-state index contributed by atoms with van der Waals surface area (Å²) < 4.78 is 26.9. The molecule has 3 rings (SSSR count). The van der Waals surface area contributed by atoms with Gasteiger partial charge in [0.25, 0.3) is 5.91 Å². The molecular formula is C19H26F2IN5O2. The first-order chi connectivity index (χ1) is 13.3. The third kappa shape index (κ3) is 5.14. The Hall–Kier alpha value is -1.98. The van der Waals surface area contributed by atoms with Crippen molar-refractivity contribution in [3.8, 4) is 0 Å². The molecule has 3 N–H and O–H groups in total. The van der Waals surface area contributed by atoms with Gasteiger partial charge in [-0.15, -0.1) is 24.0 Å². The van der Waals surface area contributed by atoms with E-state index in [1.54, 1.807) is 6.92 Å². The minimum absolute atomic E-state index is 0. The first-order valence-electron chi connectivity index (χ1n) is 9.44. The quantitative estimate of drug-likeness (QED) is 0.246. The lowest BCUT2D eigenvalue weighted by molar-refractivity contribution is -0.125. The van der Waals surface area contributed by atoms with Crippen LogP contribution >= 0.6 is 24.0 Å². The van der Waals surface area contributed by atoms with Crippen LogP contribution in [0.25, 0.3) is 0 Å². The van der Waals surface area contributed by atoms with Gasteiger partial charge in [0.15, 0.2) is 5.96 Å². The first-order valence-corrected chi connectivity index (χ1v) is 9.44. The number of carbonyl (C=O) groups is 2. The van der Waals surface area contributed by atoms with Crippen molar-refractivity contribution >= 4 is 41.9 Å². The molecule has 1 aromatic rings. The summed E-state index contributed by atoms with van der Waals surface area (Å²) in [6.07, 6.45) is 1.42. The van der Waals surface area contributed by atoms with Crippen LogP contribution in [-0.2, 0) is 11.3 Å². The van der Waals surface area contributed by atoms with Gasteiger partial charge in [-0.2, -0.15) is 0 Å². The Kier molecular flexibility index (Phi) is 7.78. The number of halogens is 3. The number of nitrogens with one attached hydrogen (secondary N) is 3. The van der Waals surface area contributed by atoms with Gasteiger partial charge in [0.2, 0.25) is 0 Å². The van der Waals surface area contributed by atoms with E-state index < -0.39 is 23.2 Å². The average molecular weight is 521 g/mol. The highest BCUT2D eigenvalue weighted by Gasteiger charge is 2.48. The van der Waals surface area contributed by atoms with Gasteiger partial charge >= 0.3 is 6.03 Å². The molecule has 0 aliphatic carbocycles. The van der Waals surface area contributed by atoms with E-state index in [0.29, 0.717) is 44.0 Å². The maximum atomic E-state index is 13.8. The molecule has 0 spiro atoms. The summed E-state index contributed by atoms with van der Waals surface area (Å²) in [7, 11) is 0. The smallest absolute Gasteiger partial charge is 0.322 e. The standard InChI is InChI=1S/C19H25F2N5O2.HI/c1-3-22-17(23-11-12-4-5-14(20)10-15(12)21)26-8-6-13(7-9-26)19(2)16(27)24-18(28)25-19;/h4-5,10,13H,3,6-9,11H2,1-2H3,(H,22,23)(H2,24,25,27,28);1H. The maximum absolute atomic E-state index is 13.8. The minimum atomic E-state index is -0.893. The lowest BCUT2D eigenvalue weighted by Gasteiger charge is -2.39. The van der Waals surface area contributed by atoms with Crippen LogP contribution in [0.2, 0.25) is 0 Å². The molecule has 2 aliphatic heterocycles. The van der Waals surface area contributed by atoms with Gasteiger partial charge in [-0.05, 0) is 38.7 Å². The van der Waals surface area contributed by atoms with Crippen molar-refractivity contribution in [1.29, 1.82) is 0 Å². The molecule has 3 amide bonds. The Labute approximate surface area is 185 Å². The second-order valence-electron chi connectivity index (χ2n) is 7.28. The summed E-state index contributed by atoms with van der Waals surface area (Å²) in [5, 5.41) is 8.24. The van der Waals surface area contributed by atoms with Gasteiger partial charge < -0.3 is 15.5 Å². The van der Waals surface area contributed by atoms with Crippen LogP contribution in [0.1, 0.15) is 32.3 Å². The second-order valence-corrected chi connectivity index (χ2v) is 7.28. The number of hydrogen-bond acceptors (Lipinski definition) is 3. The number of piperidine rings is 1. The molecule has 0 bridgehead atoms. The van der Waals surface area contributed by atoms with E-state index >= 15 is 0 Å². The summed E-state index contributed by atoms with van der Waals surface area (Å²) in [6, 6.07) is 3.01. The predicted molar refractivity (Wildman–Crippen MR) is 116 cm³/mol. The normalized spacial score (nSPS) is 22.8. The molecule has 2 fully saturated rings. The van der Waals surface area contributed by atoms with Crippen molar-refractivity contribution in [3.05, 3.63) is 35.4 Å². The Morgan fingerprint density at radius 2 is 2.00 bits per heavy atom. The molecule has 1 aromatic carbocycles. The molecule has 1 atom stereocenters. The number of carbonyl (C=O) groups excluding carboxylic acids is 2. The van der Waals surface area contributed by atoms with Crippen molar-refractivity contribution in [2.45, 2.75) is 38.8 Å². The Morgan fingerprint density at radius 3 is 2.55 bits per heavy atom. The number of urea groups is 1. The zero-order chi connectivity index (χ0) is 20.3. The molecule has 0 radical (unpaired) electrons. The highest BCUT2D eigenvalue weighted by Crippen LogP contribution is 2.30. The Morgan fingerprint density at radius 1 is 1.31 bits per heavy atom. The van der Waals surface area contributed by atoms with E-state index in [1.165, 1.54) is 12.1 Å². The summed E-state index contributed by atoms with van der Waals surface area (Å²) in [4.78, 5) is 30.2. The summed E-state index contributed by atoms with van der Waals surface area (Å²) in [5.41, 5.74) is -0.569. The topological polar surface area (TPSA) is 85.8 Å². The lowest BCUT2D eigenvalue weighted by atomic mass is 9.79. The Bertz CT molecular complexity index is 799. The van der Waals surface area contributed by atoms with Crippen molar-refractivity contribution in [2.24, 2.45) is 10.9 Å². The molecule has 2 aliphatic rings. The van der Waals surface area contributed by atoms with Crippen LogP contribution in [0.15, 0.2) is 23.2 Å². The summed E-state index contributed by atoms with van der Waals surface area (Å²) >= 11 is 0. The van der Waals surface area contributed by atoms with Crippen LogP contribution in [0.5, 0.6) is 0 Å². The van der Waals surface area contributed by atoms with E-state index in [0.717, 1.165) is 6.07 Å². The van der Waals surface area contributed by atoms with Gasteiger partial charge in [0.05, 0.1) is 6.54 Å². The van der Waals surface area contributed by atoms with E-state index in [4.69, 9.17) is 0 Å². The zero-order valence-corrected chi connectivity index (χ0v) is 18.8. The highest BCUT2D eigenvalue weighted by atomic mass is 127. The number of aliphatic imine (C=N–C) groups is 1. The van der Waals surface area contributed by atoms with Gasteiger partial charge in [-0.3, -0.25) is 10.1 Å². The molecule has 29 heavy (non-hydrogen) atoms. The predicted octanol–water partition coefficient (Wildman–Crippen LogP) is 2.36. The van der Waals surface area contributed by atoms with Crippen LogP contribution in [-0.4, -0.2) is 48.0 Å². The lowest BCUT2D eigenvalue weighted by Crippen LogP contribution is -2.55. The fourth-order valence-corrected chi connectivity index (χ4v) is 3.75. The van der Waals surface area contributed by atoms with Crippen molar-refractivity contribution in [1.82, 2.24) is 20.9 Å². The number of imide groups is 1. The number of hydrogen-bond donors (Lipinski definition) is 3.